The van der Waals surface area contributed by atoms with Crippen LogP contribution in [-0.2, 0) is 11.1 Å². The molecule has 0 spiro atoms. The summed E-state index contributed by atoms with van der Waals surface area (Å²) < 4.78 is 20.6. The largest absolute Gasteiger partial charge is 1.00 e. The van der Waals surface area contributed by atoms with E-state index in [1.54, 1.807) is 24.3 Å². The Balaban J connectivity index is 0.000001000. The van der Waals surface area contributed by atoms with Crippen LogP contribution in [0, 0.1) is 6.92 Å². The predicted molar refractivity (Wildman–Crippen MR) is 38.4 cm³/mol. The van der Waals surface area contributed by atoms with Gasteiger partial charge in [-0.05, 0) is 30.1 Å². The van der Waals surface area contributed by atoms with E-state index in [4.69, 9.17) is 0 Å². The van der Waals surface area contributed by atoms with Crippen molar-refractivity contribution in [3.05, 3.63) is 29.8 Å². The molecule has 0 radical (unpaired) electrons. The van der Waals surface area contributed by atoms with E-state index in [-0.39, 0.29) is 29.6 Å². The van der Waals surface area contributed by atoms with E-state index in [9.17, 15) is 8.76 Å². The van der Waals surface area contributed by atoms with Gasteiger partial charge in [0, 0.05) is 4.90 Å². The summed E-state index contributed by atoms with van der Waals surface area (Å²) in [7, 11) is 0. The molecule has 1 aromatic rings. The summed E-state index contributed by atoms with van der Waals surface area (Å²) >= 11 is -2.09. The topological polar surface area (TPSA) is 40.1 Å². The standard InChI is InChI=1S/C7H8O2S.Na/c1-6-2-4-7(5-3-6)10(8)9;/h2-5H,1H3,(H,8,9);/q;+1/p-1. The van der Waals surface area contributed by atoms with E-state index < -0.39 is 11.1 Å². The third-order valence-electron chi connectivity index (χ3n) is 1.21. The van der Waals surface area contributed by atoms with Crippen molar-refractivity contribution in [3.63, 3.8) is 0 Å². The Kier molecular flexibility index (Phi) is 5.21. The van der Waals surface area contributed by atoms with Gasteiger partial charge in [0.2, 0.25) is 0 Å². The Bertz CT molecular complexity index is 245. The van der Waals surface area contributed by atoms with Crippen LogP contribution in [0.3, 0.4) is 0 Å². The Morgan fingerprint density at radius 1 is 1.27 bits per heavy atom. The first-order chi connectivity index (χ1) is 4.70. The van der Waals surface area contributed by atoms with Crippen LogP contribution < -0.4 is 29.6 Å². The van der Waals surface area contributed by atoms with Crippen molar-refractivity contribution in [2.45, 2.75) is 11.8 Å². The zero-order valence-electron chi connectivity index (χ0n) is 6.53. The molecule has 0 N–H and O–H groups in total. The van der Waals surface area contributed by atoms with Gasteiger partial charge in [0.05, 0.1) is 0 Å². The van der Waals surface area contributed by atoms with Crippen molar-refractivity contribution in [3.8, 4) is 0 Å². The molecule has 0 saturated heterocycles. The van der Waals surface area contributed by atoms with Crippen LogP contribution in [0.5, 0.6) is 0 Å². The summed E-state index contributed by atoms with van der Waals surface area (Å²) in [5.41, 5.74) is 1.06. The van der Waals surface area contributed by atoms with Crippen molar-refractivity contribution >= 4 is 11.1 Å². The fourth-order valence-electron chi connectivity index (χ4n) is 0.649. The molecule has 2 nitrogen and oxygen atoms in total. The maximum Gasteiger partial charge on any atom is 1.00 e. The van der Waals surface area contributed by atoms with Gasteiger partial charge < -0.3 is 4.55 Å². The molecule has 54 valence electrons. The molecule has 0 aliphatic heterocycles. The van der Waals surface area contributed by atoms with Crippen LogP contribution in [0.1, 0.15) is 5.56 Å². The molecule has 1 rings (SSSR count). The SMILES string of the molecule is Cc1ccc(S(=O)[O-])cc1.[Na+]. The number of hydrogen-bond donors (Lipinski definition) is 0. The maximum atomic E-state index is 10.3. The average molecular weight is 178 g/mol. The molecule has 0 aliphatic carbocycles. The second kappa shape index (κ2) is 5.06. The molecule has 0 amide bonds. The van der Waals surface area contributed by atoms with Crippen molar-refractivity contribution in [1.82, 2.24) is 0 Å². The van der Waals surface area contributed by atoms with Gasteiger partial charge in [0.25, 0.3) is 0 Å². The van der Waals surface area contributed by atoms with E-state index in [0.717, 1.165) is 5.56 Å². The average Bonchev–Trinajstić information content (AvgIpc) is 1.88. The zero-order valence-corrected chi connectivity index (χ0v) is 9.35. The molecule has 4 heteroatoms. The molecule has 1 aromatic carbocycles. The van der Waals surface area contributed by atoms with Crippen LogP contribution in [0.25, 0.3) is 0 Å². The minimum absolute atomic E-state index is 0. The van der Waals surface area contributed by atoms with Gasteiger partial charge in [-0.3, -0.25) is 4.21 Å². The predicted octanol–water partition coefficient (Wildman–Crippen LogP) is -1.76. The molecule has 0 aliphatic rings. The first kappa shape index (κ1) is 11.3. The molecule has 0 aromatic heterocycles. The minimum Gasteiger partial charge on any atom is -0.768 e. The van der Waals surface area contributed by atoms with Crippen LogP contribution in [0.2, 0.25) is 0 Å². The van der Waals surface area contributed by atoms with Gasteiger partial charge in [0.1, 0.15) is 0 Å². The third kappa shape index (κ3) is 3.49. The molecule has 0 saturated carbocycles. The van der Waals surface area contributed by atoms with Gasteiger partial charge in [-0.15, -0.1) is 0 Å². The smallest absolute Gasteiger partial charge is 0.768 e. The molecule has 1 atom stereocenters. The first-order valence-electron chi connectivity index (χ1n) is 2.86. The van der Waals surface area contributed by atoms with Gasteiger partial charge >= 0.3 is 29.6 Å². The van der Waals surface area contributed by atoms with Crippen LogP contribution in [0.15, 0.2) is 29.2 Å². The number of benzene rings is 1. The summed E-state index contributed by atoms with van der Waals surface area (Å²) in [6.45, 7) is 1.91. The normalized spacial score (nSPS) is 11.8. The Morgan fingerprint density at radius 3 is 2.09 bits per heavy atom. The van der Waals surface area contributed by atoms with Crippen LogP contribution in [-0.4, -0.2) is 8.76 Å². The van der Waals surface area contributed by atoms with Crippen LogP contribution in [0.4, 0.5) is 0 Å². The number of aryl methyl sites for hydroxylation is 1. The van der Waals surface area contributed by atoms with E-state index in [2.05, 4.69) is 0 Å². The quantitative estimate of drug-likeness (QED) is 0.377. The van der Waals surface area contributed by atoms with Gasteiger partial charge in [-0.2, -0.15) is 0 Å². The van der Waals surface area contributed by atoms with Gasteiger partial charge in [-0.1, -0.05) is 17.7 Å². The maximum absolute atomic E-state index is 10.3. The van der Waals surface area contributed by atoms with Crippen molar-refractivity contribution in [1.29, 1.82) is 0 Å². The fraction of sp³-hybridized carbons (Fsp3) is 0.143. The Morgan fingerprint density at radius 2 is 1.73 bits per heavy atom. The number of rotatable bonds is 1. The zero-order chi connectivity index (χ0) is 7.56. The second-order valence-corrected chi connectivity index (χ2v) is 2.99. The minimum atomic E-state index is -2.09. The summed E-state index contributed by atoms with van der Waals surface area (Å²) in [5, 5.41) is 0. The van der Waals surface area contributed by atoms with E-state index >= 15 is 0 Å². The van der Waals surface area contributed by atoms with Crippen molar-refractivity contribution in [2.24, 2.45) is 0 Å². The van der Waals surface area contributed by atoms with Gasteiger partial charge in [0.15, 0.2) is 0 Å². The van der Waals surface area contributed by atoms with Crippen molar-refractivity contribution in [2.75, 3.05) is 0 Å². The van der Waals surface area contributed by atoms with E-state index in [1.165, 1.54) is 0 Å². The fourth-order valence-corrected chi connectivity index (χ4v) is 1.01. The number of hydrogen-bond acceptors (Lipinski definition) is 2. The molecule has 0 fully saturated rings. The molecule has 1 unspecified atom stereocenters. The molecule has 0 bridgehead atoms. The summed E-state index contributed by atoms with van der Waals surface area (Å²) in [4.78, 5) is 0.339. The van der Waals surface area contributed by atoms with Crippen LogP contribution >= 0.6 is 0 Å². The first-order valence-corrected chi connectivity index (χ1v) is 3.93. The summed E-state index contributed by atoms with van der Waals surface area (Å²) in [6, 6.07) is 6.70. The second-order valence-electron chi connectivity index (χ2n) is 2.05. The summed E-state index contributed by atoms with van der Waals surface area (Å²) in [6.07, 6.45) is 0. The van der Waals surface area contributed by atoms with Crippen molar-refractivity contribution < 1.29 is 38.3 Å². The molecule has 11 heavy (non-hydrogen) atoms. The third-order valence-corrected chi connectivity index (χ3v) is 1.87. The van der Waals surface area contributed by atoms with E-state index in [0.29, 0.717) is 4.90 Å². The Labute approximate surface area is 90.6 Å². The molecular formula is C7H7NaO2S. The van der Waals surface area contributed by atoms with Gasteiger partial charge in [-0.25, -0.2) is 0 Å². The summed E-state index contributed by atoms with van der Waals surface area (Å²) in [5.74, 6) is 0. The molecule has 0 heterocycles. The van der Waals surface area contributed by atoms with E-state index in [1.807, 2.05) is 6.92 Å². The monoisotopic (exact) mass is 178 g/mol. The Hall–Kier alpha value is 0.330. The molecular weight excluding hydrogens is 171 g/mol.